The first-order chi connectivity index (χ1) is 9.15. The maximum Gasteiger partial charge on any atom is 0.256 e. The van der Waals surface area contributed by atoms with E-state index in [4.69, 9.17) is 0 Å². The Bertz CT molecular complexity index is 385. The Morgan fingerprint density at radius 1 is 1.26 bits per heavy atom. The summed E-state index contributed by atoms with van der Waals surface area (Å²) >= 11 is 0. The maximum absolute atomic E-state index is 10.4. The predicted octanol–water partition coefficient (Wildman–Crippen LogP) is 1.36. The number of carbonyl (C=O) groups is 1. The molecule has 19 heavy (non-hydrogen) atoms. The molecule has 0 saturated heterocycles. The van der Waals surface area contributed by atoms with E-state index < -0.39 is 5.97 Å². The number of imidazole rings is 1. The van der Waals surface area contributed by atoms with E-state index in [-0.39, 0.29) is 6.42 Å². The number of hydrogen-bond donors (Lipinski definition) is 0. The lowest BCUT2D eigenvalue weighted by atomic mass is 10.1. The molecule has 1 rings (SSSR count). The highest BCUT2D eigenvalue weighted by molar-refractivity contribution is 5.64. The van der Waals surface area contributed by atoms with Crippen molar-refractivity contribution in [1.29, 1.82) is 0 Å². The highest BCUT2D eigenvalue weighted by atomic mass is 16.4. The van der Waals surface area contributed by atoms with Crippen LogP contribution in [0.5, 0.6) is 0 Å². The molecule has 0 amide bonds. The van der Waals surface area contributed by atoms with Gasteiger partial charge in [0.25, 0.3) is 5.82 Å². The minimum Gasteiger partial charge on any atom is -0.550 e. The zero-order valence-electron chi connectivity index (χ0n) is 12.2. The number of aromatic nitrogens is 2. The molecule has 1 heterocycles. The summed E-state index contributed by atoms with van der Waals surface area (Å²) in [4.78, 5) is 10.4. The Morgan fingerprint density at radius 3 is 2.68 bits per heavy atom. The van der Waals surface area contributed by atoms with Crippen molar-refractivity contribution < 1.29 is 14.5 Å². The van der Waals surface area contributed by atoms with Crippen molar-refractivity contribution in [2.24, 2.45) is 7.05 Å². The van der Waals surface area contributed by atoms with Crippen LogP contribution in [-0.4, -0.2) is 10.5 Å². The minimum absolute atomic E-state index is 0.137. The average Bonchev–Trinajstić information content (AvgIpc) is 2.70. The lowest BCUT2D eigenvalue weighted by Crippen LogP contribution is -2.32. The summed E-state index contributed by atoms with van der Waals surface area (Å²) in [7, 11) is 2.05. The summed E-state index contributed by atoms with van der Waals surface area (Å²) in [5.74, 6) is 0.326. The Hall–Kier alpha value is -1.32. The Kier molecular flexibility index (Phi) is 7.23. The van der Waals surface area contributed by atoms with Gasteiger partial charge in [-0.05, 0) is 19.3 Å². The molecule has 0 radical (unpaired) electrons. The van der Waals surface area contributed by atoms with E-state index in [2.05, 4.69) is 23.1 Å². The SMILES string of the molecule is CCCCCCCc1n(CCCC(=O)[O-])cc[n+]1C. The number of hydrogen-bond acceptors (Lipinski definition) is 2. The van der Waals surface area contributed by atoms with Crippen LogP contribution in [0.3, 0.4) is 0 Å². The normalized spacial score (nSPS) is 10.8. The van der Waals surface area contributed by atoms with Gasteiger partial charge in [0.15, 0.2) is 0 Å². The van der Waals surface area contributed by atoms with Gasteiger partial charge in [-0.2, -0.15) is 0 Å². The highest BCUT2D eigenvalue weighted by Crippen LogP contribution is 2.08. The van der Waals surface area contributed by atoms with E-state index in [0.717, 1.165) is 13.0 Å². The van der Waals surface area contributed by atoms with Gasteiger partial charge in [0.1, 0.15) is 12.4 Å². The Labute approximate surface area is 116 Å². The maximum atomic E-state index is 10.4. The summed E-state index contributed by atoms with van der Waals surface area (Å²) in [6.45, 7) is 2.99. The molecule has 0 aliphatic carbocycles. The fourth-order valence-electron chi connectivity index (χ4n) is 2.36. The van der Waals surface area contributed by atoms with E-state index in [1.807, 2.05) is 12.4 Å². The number of nitrogens with zero attached hydrogens (tertiary/aromatic N) is 2. The molecular weight excluding hydrogens is 240 g/mol. The smallest absolute Gasteiger partial charge is 0.256 e. The number of aliphatic carboxylic acids is 1. The third-order valence-electron chi connectivity index (χ3n) is 3.49. The van der Waals surface area contributed by atoms with Crippen LogP contribution in [0.4, 0.5) is 0 Å². The number of carbonyl (C=O) groups excluding carboxylic acids is 1. The minimum atomic E-state index is -0.961. The standard InChI is InChI=1S/C15H26N2O2/c1-3-4-5-6-7-9-14-16(2)12-13-17(14)11-8-10-15(18)19/h12-13H,3-11H2,1-2H3. The van der Waals surface area contributed by atoms with Gasteiger partial charge < -0.3 is 9.90 Å². The van der Waals surface area contributed by atoms with Crippen LogP contribution in [-0.2, 0) is 24.8 Å². The van der Waals surface area contributed by atoms with E-state index in [1.165, 1.54) is 37.9 Å². The first-order valence-corrected chi connectivity index (χ1v) is 7.38. The molecule has 0 aliphatic heterocycles. The van der Waals surface area contributed by atoms with Gasteiger partial charge in [-0.15, -0.1) is 0 Å². The summed E-state index contributed by atoms with van der Waals surface area (Å²) in [6.07, 6.45) is 12.3. The largest absolute Gasteiger partial charge is 0.550 e. The third-order valence-corrected chi connectivity index (χ3v) is 3.49. The van der Waals surface area contributed by atoms with Crippen LogP contribution in [0, 0.1) is 0 Å². The van der Waals surface area contributed by atoms with Gasteiger partial charge in [0.05, 0.1) is 13.6 Å². The summed E-state index contributed by atoms with van der Waals surface area (Å²) in [5, 5.41) is 10.4. The van der Waals surface area contributed by atoms with Crippen molar-refractivity contribution in [2.45, 2.75) is 64.8 Å². The van der Waals surface area contributed by atoms with Crippen LogP contribution in [0.15, 0.2) is 12.4 Å². The lowest BCUT2D eigenvalue weighted by molar-refractivity contribution is -0.678. The molecule has 4 heteroatoms. The Morgan fingerprint density at radius 2 is 2.00 bits per heavy atom. The molecule has 0 bridgehead atoms. The lowest BCUT2D eigenvalue weighted by Gasteiger charge is -2.04. The van der Waals surface area contributed by atoms with Gasteiger partial charge in [0, 0.05) is 12.4 Å². The number of carboxylic acid groups (broad SMARTS) is 1. The molecule has 0 aromatic carbocycles. The van der Waals surface area contributed by atoms with E-state index >= 15 is 0 Å². The first kappa shape index (κ1) is 15.7. The average molecular weight is 266 g/mol. The molecule has 0 fully saturated rings. The molecule has 4 nitrogen and oxygen atoms in total. The van der Waals surface area contributed by atoms with Gasteiger partial charge in [0.2, 0.25) is 0 Å². The highest BCUT2D eigenvalue weighted by Gasteiger charge is 2.13. The molecule has 0 aliphatic rings. The number of aryl methyl sites for hydroxylation is 2. The molecule has 108 valence electrons. The van der Waals surface area contributed by atoms with Gasteiger partial charge in [-0.25, -0.2) is 9.13 Å². The fraction of sp³-hybridized carbons (Fsp3) is 0.733. The van der Waals surface area contributed by atoms with Gasteiger partial charge in [-0.1, -0.05) is 32.6 Å². The molecule has 0 spiro atoms. The van der Waals surface area contributed by atoms with Crippen LogP contribution in [0.2, 0.25) is 0 Å². The first-order valence-electron chi connectivity index (χ1n) is 7.38. The second kappa shape index (κ2) is 8.73. The fourth-order valence-corrected chi connectivity index (χ4v) is 2.36. The second-order valence-electron chi connectivity index (χ2n) is 5.16. The summed E-state index contributed by atoms with van der Waals surface area (Å²) in [6, 6.07) is 0. The topological polar surface area (TPSA) is 48.9 Å². The zero-order chi connectivity index (χ0) is 14.1. The zero-order valence-corrected chi connectivity index (χ0v) is 12.2. The Balaban J connectivity index is 2.38. The number of carboxylic acids is 1. The van der Waals surface area contributed by atoms with Crippen molar-refractivity contribution >= 4 is 5.97 Å². The quantitative estimate of drug-likeness (QED) is 0.474. The molecule has 0 N–H and O–H groups in total. The van der Waals surface area contributed by atoms with Gasteiger partial charge >= 0.3 is 0 Å². The molecule has 0 saturated carbocycles. The summed E-state index contributed by atoms with van der Waals surface area (Å²) < 4.78 is 4.31. The molecule has 0 unspecified atom stereocenters. The molecule has 0 atom stereocenters. The molecule has 1 aromatic heterocycles. The molecular formula is C15H26N2O2. The van der Waals surface area contributed by atoms with E-state index in [9.17, 15) is 9.90 Å². The van der Waals surface area contributed by atoms with Crippen molar-refractivity contribution in [3.8, 4) is 0 Å². The number of unbranched alkanes of at least 4 members (excludes halogenated alkanes) is 4. The van der Waals surface area contributed by atoms with E-state index in [1.54, 1.807) is 0 Å². The van der Waals surface area contributed by atoms with Crippen LogP contribution >= 0.6 is 0 Å². The van der Waals surface area contributed by atoms with Crippen molar-refractivity contribution in [1.82, 2.24) is 4.57 Å². The third kappa shape index (κ3) is 5.90. The van der Waals surface area contributed by atoms with Crippen molar-refractivity contribution in [3.05, 3.63) is 18.2 Å². The summed E-state index contributed by atoms with van der Waals surface area (Å²) in [5.41, 5.74) is 0. The van der Waals surface area contributed by atoms with Crippen LogP contribution in [0.1, 0.15) is 57.7 Å². The number of rotatable bonds is 10. The van der Waals surface area contributed by atoms with E-state index in [0.29, 0.717) is 6.42 Å². The van der Waals surface area contributed by atoms with Crippen molar-refractivity contribution in [3.63, 3.8) is 0 Å². The van der Waals surface area contributed by atoms with Gasteiger partial charge in [-0.3, -0.25) is 0 Å². The van der Waals surface area contributed by atoms with Crippen LogP contribution in [0.25, 0.3) is 0 Å². The predicted molar refractivity (Wildman–Crippen MR) is 72.3 cm³/mol. The monoisotopic (exact) mass is 266 g/mol. The van der Waals surface area contributed by atoms with Crippen LogP contribution < -0.4 is 9.67 Å². The second-order valence-corrected chi connectivity index (χ2v) is 5.16. The van der Waals surface area contributed by atoms with Crippen molar-refractivity contribution in [2.75, 3.05) is 0 Å². The molecule has 1 aromatic rings.